The van der Waals surface area contributed by atoms with Gasteiger partial charge in [0.05, 0.1) is 32.1 Å². The first-order chi connectivity index (χ1) is 14.3. The molecule has 0 spiro atoms. The minimum atomic E-state index is -4.43. The molecule has 0 unspecified atom stereocenters. The Hall–Kier alpha value is -2.78. The molecule has 0 bridgehead atoms. The molecule has 1 atom stereocenters. The van der Waals surface area contributed by atoms with Gasteiger partial charge < -0.3 is 5.32 Å². The van der Waals surface area contributed by atoms with Crippen molar-refractivity contribution >= 4 is 44.1 Å². The predicted octanol–water partition coefficient (Wildman–Crippen LogP) is 5.99. The number of pyridine rings is 1. The van der Waals surface area contributed by atoms with Crippen molar-refractivity contribution < 1.29 is 18.0 Å². The zero-order valence-electron chi connectivity index (χ0n) is 15.2. The fraction of sp³-hybridized carbons (Fsp3) is 0.0952. The summed E-state index contributed by atoms with van der Waals surface area (Å²) in [6.45, 7) is 0. The van der Waals surface area contributed by atoms with Gasteiger partial charge >= 0.3 is 6.18 Å². The zero-order valence-corrected chi connectivity index (χ0v) is 17.6. The van der Waals surface area contributed by atoms with E-state index in [-0.39, 0.29) is 5.91 Å². The van der Waals surface area contributed by atoms with Gasteiger partial charge in [-0.25, -0.2) is 4.98 Å². The first-order valence-corrected chi connectivity index (χ1v) is 10.4. The van der Waals surface area contributed by atoms with Crippen molar-refractivity contribution in [2.24, 2.45) is 0 Å². The van der Waals surface area contributed by atoms with Gasteiger partial charge in [-0.05, 0) is 57.9 Å². The highest BCUT2D eigenvalue weighted by atomic mass is 79.9. The number of halogens is 4. The van der Waals surface area contributed by atoms with Crippen LogP contribution in [0.2, 0.25) is 0 Å². The lowest BCUT2D eigenvalue weighted by atomic mass is 10.0. The summed E-state index contributed by atoms with van der Waals surface area (Å²) in [4.78, 5) is 21.5. The van der Waals surface area contributed by atoms with Crippen molar-refractivity contribution in [2.45, 2.75) is 12.2 Å². The molecule has 1 N–H and O–H groups in total. The molecule has 2 aromatic heterocycles. The SMILES string of the molecule is O=C(N[C@@H](c1ccc(C(F)(F)F)cc1)c1ncsc1Br)c1ccc2ncccc2c1. The molecule has 2 heterocycles. The monoisotopic (exact) mass is 491 g/mol. The van der Waals surface area contributed by atoms with Gasteiger partial charge in [0, 0.05) is 17.1 Å². The molecule has 4 aromatic rings. The number of aromatic nitrogens is 2. The second-order valence-corrected chi connectivity index (χ2v) is 8.62. The van der Waals surface area contributed by atoms with Crippen LogP contribution in [-0.4, -0.2) is 15.9 Å². The Labute approximate surface area is 181 Å². The molecule has 0 saturated carbocycles. The van der Waals surface area contributed by atoms with Crippen LogP contribution >= 0.6 is 27.3 Å². The summed E-state index contributed by atoms with van der Waals surface area (Å²) in [5, 5.41) is 3.70. The third kappa shape index (κ3) is 4.22. The fourth-order valence-electron chi connectivity index (χ4n) is 3.03. The van der Waals surface area contributed by atoms with Gasteiger partial charge in [-0.1, -0.05) is 18.2 Å². The molecule has 4 nitrogen and oxygen atoms in total. The number of hydrogen-bond acceptors (Lipinski definition) is 4. The summed E-state index contributed by atoms with van der Waals surface area (Å²) in [5.74, 6) is -0.370. The summed E-state index contributed by atoms with van der Waals surface area (Å²) in [5.41, 5.74) is 3.04. The van der Waals surface area contributed by atoms with E-state index in [0.29, 0.717) is 20.6 Å². The number of nitrogens with one attached hydrogen (secondary N) is 1. The molecule has 9 heteroatoms. The molecule has 2 aromatic carbocycles. The Balaban J connectivity index is 1.68. The van der Waals surface area contributed by atoms with Crippen LogP contribution in [0.25, 0.3) is 10.9 Å². The molecule has 0 fully saturated rings. The molecule has 0 aliphatic rings. The highest BCUT2D eigenvalue weighted by Crippen LogP contribution is 2.34. The van der Waals surface area contributed by atoms with E-state index in [1.165, 1.54) is 23.5 Å². The van der Waals surface area contributed by atoms with Crippen molar-refractivity contribution in [3.63, 3.8) is 0 Å². The van der Waals surface area contributed by atoms with E-state index < -0.39 is 17.8 Å². The summed E-state index contributed by atoms with van der Waals surface area (Å²) >= 11 is 4.73. The minimum Gasteiger partial charge on any atom is -0.339 e. The number of fused-ring (bicyclic) bond motifs is 1. The van der Waals surface area contributed by atoms with Crippen LogP contribution in [0.1, 0.15) is 33.2 Å². The summed E-state index contributed by atoms with van der Waals surface area (Å²) in [6, 6.07) is 12.7. The average molecular weight is 492 g/mol. The topological polar surface area (TPSA) is 54.9 Å². The lowest BCUT2D eigenvalue weighted by Crippen LogP contribution is -2.29. The number of amides is 1. The quantitative estimate of drug-likeness (QED) is 0.381. The maximum atomic E-state index is 13.0. The van der Waals surface area contributed by atoms with E-state index >= 15 is 0 Å². The van der Waals surface area contributed by atoms with Gasteiger partial charge in [-0.2, -0.15) is 13.2 Å². The van der Waals surface area contributed by atoms with Gasteiger partial charge in [-0.15, -0.1) is 11.3 Å². The lowest BCUT2D eigenvalue weighted by molar-refractivity contribution is -0.137. The molecule has 0 radical (unpaired) electrons. The van der Waals surface area contributed by atoms with Crippen LogP contribution in [0.3, 0.4) is 0 Å². The largest absolute Gasteiger partial charge is 0.416 e. The van der Waals surface area contributed by atoms with E-state index in [9.17, 15) is 18.0 Å². The van der Waals surface area contributed by atoms with Crippen molar-refractivity contribution in [1.82, 2.24) is 15.3 Å². The number of alkyl halides is 3. The number of carbonyl (C=O) groups is 1. The first kappa shape index (κ1) is 20.5. The van der Waals surface area contributed by atoms with Crippen molar-refractivity contribution in [3.05, 3.63) is 92.5 Å². The number of benzene rings is 2. The summed E-state index contributed by atoms with van der Waals surface area (Å²) in [6.07, 6.45) is -2.76. The summed E-state index contributed by atoms with van der Waals surface area (Å²) in [7, 11) is 0. The molecule has 0 aliphatic carbocycles. The van der Waals surface area contributed by atoms with E-state index in [2.05, 4.69) is 31.2 Å². The fourth-order valence-corrected chi connectivity index (χ4v) is 4.17. The Morgan fingerprint density at radius 3 is 2.50 bits per heavy atom. The Kier molecular flexibility index (Phi) is 5.57. The van der Waals surface area contributed by atoms with Gasteiger partial charge in [0.2, 0.25) is 0 Å². The van der Waals surface area contributed by atoms with Gasteiger partial charge in [0.1, 0.15) is 0 Å². The van der Waals surface area contributed by atoms with Crippen molar-refractivity contribution in [2.75, 3.05) is 0 Å². The molecule has 0 saturated heterocycles. The molecule has 1 amide bonds. The van der Waals surface area contributed by atoms with E-state index in [4.69, 9.17) is 0 Å². The van der Waals surface area contributed by atoms with Gasteiger partial charge in [0.15, 0.2) is 0 Å². The number of hydrogen-bond donors (Lipinski definition) is 1. The molecule has 0 aliphatic heterocycles. The second kappa shape index (κ2) is 8.16. The normalized spacial score (nSPS) is 12.7. The maximum Gasteiger partial charge on any atom is 0.416 e. The van der Waals surface area contributed by atoms with Crippen LogP contribution in [0.4, 0.5) is 13.2 Å². The molecule has 4 rings (SSSR count). The van der Waals surface area contributed by atoms with E-state index in [1.807, 2.05) is 6.07 Å². The molecule has 30 heavy (non-hydrogen) atoms. The van der Waals surface area contributed by atoms with Gasteiger partial charge in [0.25, 0.3) is 5.91 Å². The van der Waals surface area contributed by atoms with Gasteiger partial charge in [-0.3, -0.25) is 9.78 Å². The van der Waals surface area contributed by atoms with Crippen molar-refractivity contribution in [3.8, 4) is 0 Å². The third-order valence-corrected chi connectivity index (χ3v) is 6.13. The lowest BCUT2D eigenvalue weighted by Gasteiger charge is -2.19. The Morgan fingerprint density at radius 1 is 1.07 bits per heavy atom. The highest BCUT2D eigenvalue weighted by Gasteiger charge is 2.31. The Bertz CT molecular complexity index is 1210. The first-order valence-electron chi connectivity index (χ1n) is 8.74. The number of rotatable bonds is 4. The van der Waals surface area contributed by atoms with Crippen LogP contribution in [0, 0.1) is 0 Å². The predicted molar refractivity (Wildman–Crippen MR) is 112 cm³/mol. The number of thiazole rings is 1. The highest BCUT2D eigenvalue weighted by molar-refractivity contribution is 9.11. The maximum absolute atomic E-state index is 13.0. The second-order valence-electron chi connectivity index (χ2n) is 6.45. The van der Waals surface area contributed by atoms with E-state index in [0.717, 1.165) is 23.0 Å². The van der Waals surface area contributed by atoms with Crippen LogP contribution in [0.15, 0.2) is 70.1 Å². The Morgan fingerprint density at radius 2 is 1.83 bits per heavy atom. The average Bonchev–Trinajstić information content (AvgIpc) is 3.16. The smallest absolute Gasteiger partial charge is 0.339 e. The van der Waals surface area contributed by atoms with Crippen LogP contribution in [0.5, 0.6) is 0 Å². The zero-order chi connectivity index (χ0) is 21.3. The molecular weight excluding hydrogens is 479 g/mol. The van der Waals surface area contributed by atoms with Crippen molar-refractivity contribution in [1.29, 1.82) is 0 Å². The number of nitrogens with zero attached hydrogens (tertiary/aromatic N) is 2. The molecular formula is C21H13BrF3N3OS. The van der Waals surface area contributed by atoms with Crippen LogP contribution < -0.4 is 5.32 Å². The minimum absolute atomic E-state index is 0.370. The summed E-state index contributed by atoms with van der Waals surface area (Å²) < 4.78 is 39.5. The van der Waals surface area contributed by atoms with E-state index in [1.54, 1.807) is 36.0 Å². The molecule has 152 valence electrons. The van der Waals surface area contributed by atoms with Crippen LogP contribution in [-0.2, 0) is 6.18 Å². The standard InChI is InChI=1S/C21H13BrF3N3OS/c22-19-18(27-11-30-19)17(12-3-6-15(7-4-12)21(23,24)25)28-20(29)14-5-8-16-13(10-14)2-1-9-26-16/h1-11,17H,(H,28,29)/t17-/m0/s1. The number of carbonyl (C=O) groups excluding carboxylic acids is 1. The third-order valence-electron chi connectivity index (χ3n) is 4.53.